The fourth-order valence-corrected chi connectivity index (χ4v) is 9.43. The maximum absolute atomic E-state index is 4.64. The van der Waals surface area contributed by atoms with Crippen LogP contribution in [-0.2, 0) is 5.41 Å². The second-order valence-corrected chi connectivity index (χ2v) is 15.9. The average molecular weight is 729 g/mol. The first kappa shape index (κ1) is 33.2. The van der Waals surface area contributed by atoms with Gasteiger partial charge >= 0.3 is 0 Å². The van der Waals surface area contributed by atoms with Crippen LogP contribution < -0.4 is 4.90 Å². The molecule has 2 heterocycles. The monoisotopic (exact) mass is 728 g/mol. The highest BCUT2D eigenvalue weighted by Gasteiger charge is 2.37. The molecule has 0 atom stereocenters. The molecule has 8 aromatic carbocycles. The summed E-state index contributed by atoms with van der Waals surface area (Å²) in [6.45, 7) is 9.38. The topological polar surface area (TPSA) is 8.17 Å². The number of rotatable bonds is 4. The minimum absolute atomic E-state index is 0.103. The number of hydrogen-bond acceptors (Lipinski definition) is 1. The van der Waals surface area contributed by atoms with E-state index in [1.54, 1.807) is 0 Å². The minimum atomic E-state index is -0.103. The molecule has 0 saturated carbocycles. The van der Waals surface area contributed by atoms with Crippen LogP contribution in [0.1, 0.15) is 36.1 Å². The Morgan fingerprint density at radius 2 is 1.18 bits per heavy atom. The molecule has 0 fully saturated rings. The third kappa shape index (κ3) is 5.18. The molecule has 1 aliphatic heterocycles. The molecular weight excluding hydrogens is 689 g/mol. The first-order valence-corrected chi connectivity index (χ1v) is 19.8. The van der Waals surface area contributed by atoms with Crippen LogP contribution in [0.2, 0.25) is 0 Å². The Labute approximate surface area is 333 Å². The normalized spacial score (nSPS) is 15.8. The highest BCUT2D eigenvalue weighted by molar-refractivity contribution is 6.18. The van der Waals surface area contributed by atoms with E-state index in [1.165, 1.54) is 66.0 Å². The molecule has 0 saturated heterocycles. The second-order valence-electron chi connectivity index (χ2n) is 15.9. The lowest BCUT2D eigenvalue weighted by Crippen LogP contribution is -2.14. The van der Waals surface area contributed by atoms with Crippen LogP contribution in [0, 0.1) is 0 Å². The van der Waals surface area contributed by atoms with E-state index in [-0.39, 0.29) is 5.41 Å². The molecule has 2 heteroatoms. The predicted molar refractivity (Wildman–Crippen MR) is 242 cm³/mol. The lowest BCUT2D eigenvalue weighted by molar-refractivity contribution is 0.661. The summed E-state index contributed by atoms with van der Waals surface area (Å²) in [5.74, 6) is 0. The van der Waals surface area contributed by atoms with Crippen molar-refractivity contribution in [2.45, 2.75) is 19.3 Å². The Bertz CT molecular complexity index is 3150. The van der Waals surface area contributed by atoms with Gasteiger partial charge in [-0.05, 0) is 122 Å². The highest BCUT2D eigenvalue weighted by atomic mass is 15.1. The molecule has 2 nitrogen and oxygen atoms in total. The first-order valence-electron chi connectivity index (χ1n) is 19.8. The molecule has 9 aromatic rings. The number of nitrogens with zero attached hydrogens (tertiary/aromatic N) is 2. The van der Waals surface area contributed by atoms with Gasteiger partial charge in [-0.25, -0.2) is 0 Å². The van der Waals surface area contributed by atoms with Gasteiger partial charge in [-0.2, -0.15) is 0 Å². The molecule has 270 valence electrons. The van der Waals surface area contributed by atoms with Crippen molar-refractivity contribution in [2.24, 2.45) is 0 Å². The maximum Gasteiger partial charge on any atom is 0.0547 e. The van der Waals surface area contributed by atoms with E-state index in [4.69, 9.17) is 0 Å². The van der Waals surface area contributed by atoms with E-state index in [0.29, 0.717) is 0 Å². The van der Waals surface area contributed by atoms with Crippen molar-refractivity contribution in [3.05, 3.63) is 223 Å². The predicted octanol–water partition coefficient (Wildman–Crippen LogP) is 14.7. The van der Waals surface area contributed by atoms with Gasteiger partial charge < -0.3 is 9.47 Å². The molecule has 11 rings (SSSR count). The number of anilines is 2. The largest absolute Gasteiger partial charge is 0.317 e. The molecule has 0 spiro atoms. The number of allylic oxidation sites excluding steroid dienone is 4. The van der Waals surface area contributed by atoms with Gasteiger partial charge in [-0.1, -0.05) is 148 Å². The number of fused-ring (bicyclic) bond motifs is 9. The molecule has 1 aromatic heterocycles. The van der Waals surface area contributed by atoms with Crippen LogP contribution in [0.25, 0.3) is 71.7 Å². The molecule has 0 unspecified atom stereocenters. The fourth-order valence-electron chi connectivity index (χ4n) is 9.43. The minimum Gasteiger partial charge on any atom is -0.317 e. The average Bonchev–Trinajstić information content (AvgIpc) is 3.71. The highest BCUT2D eigenvalue weighted by Crippen LogP contribution is 2.53. The van der Waals surface area contributed by atoms with Crippen molar-refractivity contribution in [3.63, 3.8) is 0 Å². The van der Waals surface area contributed by atoms with E-state index < -0.39 is 0 Å². The van der Waals surface area contributed by atoms with Crippen molar-refractivity contribution in [3.8, 4) is 27.9 Å². The van der Waals surface area contributed by atoms with Gasteiger partial charge in [0, 0.05) is 39.3 Å². The van der Waals surface area contributed by atoms with Gasteiger partial charge in [0.1, 0.15) is 0 Å². The standard InChI is InChI=1S/C55H40N2/c1-36-33-42(31-32-56(50-20-12-10-17-45(36)50)43-25-21-39(22-26-43)37-13-5-4-6-14-37)41-24-29-51-47(35-41)54-52(57(51)44-27-23-38-15-7-8-16-40(38)34-44)30-28-49-53(54)46-18-9-11-19-48(46)55(49,2)3/h4-35H,1H2,2-3H3/b32-31-,42-33+. The number of aromatic nitrogens is 1. The number of benzene rings is 8. The van der Waals surface area contributed by atoms with Crippen molar-refractivity contribution in [2.75, 3.05) is 4.90 Å². The fraction of sp³-hybridized carbons (Fsp3) is 0.0545. The van der Waals surface area contributed by atoms with Gasteiger partial charge in [0.05, 0.1) is 16.7 Å². The van der Waals surface area contributed by atoms with Crippen molar-refractivity contribution >= 4 is 55.1 Å². The zero-order valence-electron chi connectivity index (χ0n) is 32.1. The van der Waals surface area contributed by atoms with E-state index in [9.17, 15) is 0 Å². The summed E-state index contributed by atoms with van der Waals surface area (Å²) in [7, 11) is 0. The van der Waals surface area contributed by atoms with Crippen LogP contribution in [0.15, 0.2) is 201 Å². The van der Waals surface area contributed by atoms with Gasteiger partial charge in [-0.15, -0.1) is 0 Å². The molecule has 0 radical (unpaired) electrons. The van der Waals surface area contributed by atoms with Crippen LogP contribution in [-0.4, -0.2) is 4.57 Å². The molecular formula is C55H40N2. The maximum atomic E-state index is 4.64. The third-order valence-electron chi connectivity index (χ3n) is 12.3. The molecule has 2 aliphatic rings. The Morgan fingerprint density at radius 1 is 0.509 bits per heavy atom. The smallest absolute Gasteiger partial charge is 0.0547 e. The Hall–Kier alpha value is -7.16. The van der Waals surface area contributed by atoms with Crippen LogP contribution >= 0.6 is 0 Å². The van der Waals surface area contributed by atoms with Gasteiger partial charge in [0.25, 0.3) is 0 Å². The number of para-hydroxylation sites is 1. The summed E-state index contributed by atoms with van der Waals surface area (Å²) >= 11 is 0. The van der Waals surface area contributed by atoms with E-state index in [0.717, 1.165) is 39.3 Å². The Balaban J connectivity index is 1.11. The lowest BCUT2D eigenvalue weighted by Gasteiger charge is -2.26. The first-order chi connectivity index (χ1) is 27.9. The molecule has 0 bridgehead atoms. The van der Waals surface area contributed by atoms with Crippen LogP contribution in [0.3, 0.4) is 0 Å². The van der Waals surface area contributed by atoms with Crippen molar-refractivity contribution in [1.29, 1.82) is 0 Å². The number of hydrogen-bond donors (Lipinski definition) is 0. The Kier molecular flexibility index (Phi) is 7.39. The zero-order chi connectivity index (χ0) is 38.3. The molecule has 0 N–H and O–H groups in total. The summed E-state index contributed by atoms with van der Waals surface area (Å²) in [6, 6.07) is 64.2. The van der Waals surface area contributed by atoms with Crippen molar-refractivity contribution in [1.82, 2.24) is 4.57 Å². The van der Waals surface area contributed by atoms with E-state index in [2.05, 4.69) is 224 Å². The van der Waals surface area contributed by atoms with Crippen LogP contribution in [0.5, 0.6) is 0 Å². The van der Waals surface area contributed by atoms with Gasteiger partial charge in [0.2, 0.25) is 0 Å². The summed E-state index contributed by atoms with van der Waals surface area (Å²) in [5.41, 5.74) is 17.9. The summed E-state index contributed by atoms with van der Waals surface area (Å²) in [4.78, 5) is 2.29. The summed E-state index contributed by atoms with van der Waals surface area (Å²) in [6.07, 6.45) is 6.71. The molecule has 57 heavy (non-hydrogen) atoms. The zero-order valence-corrected chi connectivity index (χ0v) is 32.1. The molecule has 1 aliphatic carbocycles. The van der Waals surface area contributed by atoms with E-state index >= 15 is 0 Å². The lowest BCUT2D eigenvalue weighted by atomic mass is 9.82. The van der Waals surface area contributed by atoms with Crippen LogP contribution in [0.4, 0.5) is 11.4 Å². The SMILES string of the molecule is C=C1/C=C(c2ccc3c(c2)c2c4c(ccc2n3-c2ccc3ccccc3c2)C(C)(C)c2ccccc2-4)\C=C/N(c2ccc(-c3ccccc3)cc2)c2ccccc21. The third-order valence-corrected chi connectivity index (χ3v) is 12.3. The quantitative estimate of drug-likeness (QED) is 0.175. The second kappa shape index (κ2) is 12.7. The van der Waals surface area contributed by atoms with Gasteiger partial charge in [-0.3, -0.25) is 0 Å². The summed E-state index contributed by atoms with van der Waals surface area (Å²) < 4.78 is 2.47. The summed E-state index contributed by atoms with van der Waals surface area (Å²) in [5, 5.41) is 5.02. The van der Waals surface area contributed by atoms with E-state index in [1.807, 2.05) is 0 Å². The molecule has 0 amide bonds. The van der Waals surface area contributed by atoms with Crippen molar-refractivity contribution < 1.29 is 0 Å². The van der Waals surface area contributed by atoms with Gasteiger partial charge in [0.15, 0.2) is 0 Å². The Morgan fingerprint density at radius 3 is 2.02 bits per heavy atom.